The van der Waals surface area contributed by atoms with E-state index in [9.17, 15) is 45.9 Å². The van der Waals surface area contributed by atoms with Gasteiger partial charge in [-0.1, -0.05) is 60.7 Å². The highest BCUT2D eigenvalue weighted by molar-refractivity contribution is 7.53. The van der Waals surface area contributed by atoms with Crippen LogP contribution in [0.2, 0.25) is 0 Å². The number of rotatable bonds is 14. The van der Waals surface area contributed by atoms with E-state index >= 15 is 4.39 Å². The molecule has 4 rings (SSSR count). The minimum atomic E-state index is -5.58. The second-order valence-corrected chi connectivity index (χ2v) is 14.2. The largest absolute Gasteiger partial charge is 0.399 e. The van der Waals surface area contributed by atoms with Gasteiger partial charge < -0.3 is 9.79 Å². The molecular formula is C31H26F6O7P2. The summed E-state index contributed by atoms with van der Waals surface area (Å²) < 4.78 is 112. The zero-order chi connectivity index (χ0) is 33.8. The molecule has 0 fully saturated rings. The summed E-state index contributed by atoms with van der Waals surface area (Å²) in [5, 5.41) is -3.60. The number of carbonyl (C=O) groups is 1. The van der Waals surface area contributed by atoms with Crippen molar-refractivity contribution in [3.63, 3.8) is 0 Å². The molecule has 244 valence electrons. The van der Waals surface area contributed by atoms with E-state index in [0.717, 1.165) is 36.4 Å². The Labute approximate surface area is 259 Å². The van der Waals surface area contributed by atoms with Gasteiger partial charge in [-0.25, -0.2) is 17.6 Å². The van der Waals surface area contributed by atoms with E-state index < -0.39 is 61.8 Å². The Hall–Kier alpha value is -3.57. The van der Waals surface area contributed by atoms with E-state index in [4.69, 9.17) is 0 Å². The third kappa shape index (κ3) is 7.52. The van der Waals surface area contributed by atoms with Gasteiger partial charge in [0.25, 0.3) is 5.41 Å². The van der Waals surface area contributed by atoms with Crippen LogP contribution in [0.5, 0.6) is 0 Å². The topological polar surface area (TPSA) is 110 Å². The molecule has 0 heterocycles. The van der Waals surface area contributed by atoms with Gasteiger partial charge in [0.05, 0.1) is 11.6 Å². The normalized spacial score (nSPS) is 14.8. The van der Waals surface area contributed by atoms with E-state index in [2.05, 4.69) is 9.46 Å². The number of ketones is 1. The van der Waals surface area contributed by atoms with Crippen LogP contribution in [0.3, 0.4) is 0 Å². The second-order valence-electron chi connectivity index (χ2n) is 10.6. The minimum Gasteiger partial charge on any atom is -0.322 e. The number of benzene rings is 4. The molecule has 0 aliphatic rings. The van der Waals surface area contributed by atoms with E-state index in [0.29, 0.717) is 16.7 Å². The molecule has 0 saturated carbocycles. The molecule has 0 aliphatic heterocycles. The molecule has 2 N–H and O–H groups in total. The molecule has 2 unspecified atom stereocenters. The van der Waals surface area contributed by atoms with Crippen LogP contribution in [-0.4, -0.2) is 22.2 Å². The van der Waals surface area contributed by atoms with Crippen molar-refractivity contribution >= 4 is 21.0 Å². The fourth-order valence-electron chi connectivity index (χ4n) is 5.15. The fourth-order valence-corrected chi connectivity index (χ4v) is 6.57. The Morgan fingerprint density at radius 3 is 1.52 bits per heavy atom. The van der Waals surface area contributed by atoms with Crippen LogP contribution in [-0.2, 0) is 48.4 Å². The number of carbonyl (C=O) groups excluding carboxylic acids is 1. The lowest BCUT2D eigenvalue weighted by Crippen LogP contribution is -2.41. The minimum absolute atomic E-state index is 0.0711. The third-order valence-corrected chi connectivity index (χ3v) is 10.1. The van der Waals surface area contributed by atoms with Gasteiger partial charge in [0.15, 0.2) is 5.78 Å². The van der Waals surface area contributed by atoms with Gasteiger partial charge in [-0.3, -0.25) is 13.9 Å². The van der Waals surface area contributed by atoms with E-state index in [1.54, 1.807) is 0 Å². The molecule has 0 bridgehead atoms. The highest BCUT2D eigenvalue weighted by atomic mass is 31.2. The molecule has 0 saturated heterocycles. The monoisotopic (exact) mass is 686 g/mol. The average molecular weight is 686 g/mol. The van der Waals surface area contributed by atoms with E-state index in [1.807, 2.05) is 0 Å². The van der Waals surface area contributed by atoms with Gasteiger partial charge in [0.1, 0.15) is 18.3 Å². The maximum atomic E-state index is 15.0. The number of hydrogen-bond acceptors (Lipinski definition) is 5. The number of hydrogen-bond donors (Lipinski definition) is 2. The van der Waals surface area contributed by atoms with E-state index in [1.165, 1.54) is 60.7 Å². The summed E-state index contributed by atoms with van der Waals surface area (Å²) in [6.45, 7) is -2.00. The zero-order valence-electron chi connectivity index (χ0n) is 23.7. The van der Waals surface area contributed by atoms with Crippen LogP contribution in [0.25, 0.3) is 0 Å². The van der Waals surface area contributed by atoms with Crippen molar-refractivity contribution in [3.8, 4) is 0 Å². The maximum Gasteiger partial charge on any atom is 0.399 e. The summed E-state index contributed by atoms with van der Waals surface area (Å²) >= 11 is 0. The van der Waals surface area contributed by atoms with Gasteiger partial charge >= 0.3 is 15.2 Å². The first kappa shape index (κ1) is 35.3. The smallest absolute Gasteiger partial charge is 0.322 e. The first-order valence-electron chi connectivity index (χ1n) is 13.4. The second kappa shape index (κ2) is 14.0. The first-order chi connectivity index (χ1) is 21.7. The number of Topliss-reactive ketones (excluding diaryl/α,β-unsaturated/α-hetero) is 1. The summed E-state index contributed by atoms with van der Waals surface area (Å²) in [4.78, 5) is 33.3. The number of alkyl halides is 2. The molecule has 0 spiro atoms. The molecule has 7 nitrogen and oxygen atoms in total. The molecule has 2 atom stereocenters. The molecule has 0 radical (unpaired) electrons. The van der Waals surface area contributed by atoms with Crippen molar-refractivity contribution in [2.45, 2.75) is 29.8 Å². The standard InChI is InChI=1S/C31H26F6O7P2/c32-20-31(35,46(40,41)42)26-9-5-22(6-10-26)18-30(25-11-15-28(34)16-12-25,29(38)24-7-13-27(33)14-8-24)17-21-1-3-23(4-2-21)19-45(39,43-36)44-37/h1-16H,17-20H2,(H2,40,41,42). The van der Waals surface area contributed by atoms with Crippen molar-refractivity contribution < 1.29 is 59.8 Å². The van der Waals surface area contributed by atoms with Gasteiger partial charge in [-0.2, -0.15) is 0 Å². The Morgan fingerprint density at radius 1 is 0.674 bits per heavy atom. The van der Waals surface area contributed by atoms with Crippen molar-refractivity contribution in [1.29, 1.82) is 0 Å². The first-order valence-corrected chi connectivity index (χ1v) is 16.8. The lowest BCUT2D eigenvalue weighted by atomic mass is 9.67. The molecule has 0 aromatic heterocycles. The predicted molar refractivity (Wildman–Crippen MR) is 156 cm³/mol. The van der Waals surface area contributed by atoms with Crippen LogP contribution in [0.4, 0.5) is 26.6 Å². The summed E-state index contributed by atoms with van der Waals surface area (Å²) in [7, 11) is -10.3. The van der Waals surface area contributed by atoms with Gasteiger partial charge in [-0.05, 0) is 80.5 Å². The molecule has 0 aliphatic carbocycles. The summed E-state index contributed by atoms with van der Waals surface area (Å²) in [5.41, 5.74) is -0.913. The molecular weight excluding hydrogens is 660 g/mol. The molecule has 15 heteroatoms. The Kier molecular flexibility index (Phi) is 10.8. The summed E-state index contributed by atoms with van der Waals surface area (Å²) in [5.74, 6) is -1.78. The van der Waals surface area contributed by atoms with Crippen LogP contribution >= 0.6 is 15.2 Å². The highest BCUT2D eigenvalue weighted by Gasteiger charge is 2.50. The molecule has 4 aromatic carbocycles. The Balaban J connectivity index is 1.85. The van der Waals surface area contributed by atoms with Gasteiger partial charge in [-0.15, -0.1) is 9.46 Å². The third-order valence-electron chi connectivity index (χ3n) is 7.59. The summed E-state index contributed by atoms with van der Waals surface area (Å²) in [6, 6.07) is 19.8. The highest BCUT2D eigenvalue weighted by Crippen LogP contribution is 2.58. The van der Waals surface area contributed by atoms with Gasteiger partial charge in [0, 0.05) is 11.1 Å². The van der Waals surface area contributed by atoms with E-state index in [-0.39, 0.29) is 24.0 Å². The maximum absolute atomic E-state index is 15.0. The SMILES string of the molecule is O=C(c1ccc(F)cc1)C(Cc1ccc(CP(=O)(OF)OF)cc1)(Cc1ccc(C(F)(CF)P(=O)(O)O)cc1)c1ccc(F)cc1. The fraction of sp³-hybridized carbons (Fsp3) is 0.194. The lowest BCUT2D eigenvalue weighted by Gasteiger charge is -2.34. The number of halogens is 6. The Bertz CT molecular complexity index is 1740. The molecule has 0 amide bonds. The predicted octanol–water partition coefficient (Wildman–Crippen LogP) is 8.34. The quantitative estimate of drug-likeness (QED) is 0.0780. The van der Waals surface area contributed by atoms with Crippen molar-refractivity contribution in [1.82, 2.24) is 0 Å². The molecule has 4 aromatic rings. The van der Waals surface area contributed by atoms with Gasteiger partial charge in [0.2, 0.25) is 0 Å². The zero-order valence-corrected chi connectivity index (χ0v) is 25.5. The van der Waals surface area contributed by atoms with Crippen molar-refractivity contribution in [2.24, 2.45) is 0 Å². The van der Waals surface area contributed by atoms with Crippen molar-refractivity contribution in [3.05, 3.63) is 142 Å². The van der Waals surface area contributed by atoms with Crippen LogP contribution < -0.4 is 0 Å². The van der Waals surface area contributed by atoms with Crippen molar-refractivity contribution in [2.75, 3.05) is 6.67 Å². The van der Waals surface area contributed by atoms with Crippen LogP contribution in [0.1, 0.15) is 38.2 Å². The lowest BCUT2D eigenvalue weighted by molar-refractivity contribution is -0.0881. The summed E-state index contributed by atoms with van der Waals surface area (Å²) in [6.07, 6.45) is -1.05. The average Bonchev–Trinajstić information content (AvgIpc) is 3.05. The molecule has 46 heavy (non-hydrogen) atoms. The van der Waals surface area contributed by atoms with Crippen LogP contribution in [0, 0.1) is 11.6 Å². The van der Waals surface area contributed by atoms with Crippen LogP contribution in [0.15, 0.2) is 97.1 Å². The Morgan fingerprint density at radius 2 is 1.09 bits per heavy atom.